The van der Waals surface area contributed by atoms with Crippen LogP contribution in [0.4, 0.5) is 0 Å². The molecule has 60 heavy (non-hydrogen) atoms. The van der Waals surface area contributed by atoms with Crippen molar-refractivity contribution in [2.45, 2.75) is 122 Å². The first-order chi connectivity index (χ1) is 29.3. The standard InChI is InChI=1S/C53H60O2.C3H8.C2H4/c1-39(45-16-8-5-9-17-45)33-40(2)47-28-30-48(31-29-47)42(4)35-51(49-20-12-7-13-21-49)36-52(34-41(3)46-18-10-6-11-19-46)50-26-23-44(24-27-50)38-55-53-22-14-15-43(37-54)25-32-53;1-3-2;1-2/h5-13,15-32,39-42,51-52,54H,14,33-38H2,1-4H3;3H2,1-2H3;1-2H2. The van der Waals surface area contributed by atoms with Crippen molar-refractivity contribution in [2.75, 3.05) is 6.61 Å². The molecule has 2 nitrogen and oxygen atoms in total. The average molecular weight is 801 g/mol. The Hall–Kier alpha value is -5.18. The summed E-state index contributed by atoms with van der Waals surface area (Å²) < 4.78 is 6.19. The minimum absolute atomic E-state index is 0.0506. The van der Waals surface area contributed by atoms with E-state index in [0.29, 0.717) is 42.1 Å². The first kappa shape index (κ1) is 47.5. The van der Waals surface area contributed by atoms with Crippen LogP contribution in [0.1, 0.15) is 155 Å². The van der Waals surface area contributed by atoms with Gasteiger partial charge < -0.3 is 9.84 Å². The molecule has 0 aliphatic heterocycles. The molecular weight excluding hydrogens is 729 g/mol. The molecule has 1 aliphatic carbocycles. The van der Waals surface area contributed by atoms with Gasteiger partial charge in [0, 0.05) is 0 Å². The van der Waals surface area contributed by atoms with Crippen LogP contribution in [0, 0.1) is 0 Å². The van der Waals surface area contributed by atoms with Gasteiger partial charge >= 0.3 is 0 Å². The molecule has 5 aromatic rings. The molecule has 0 saturated carbocycles. The molecule has 0 heterocycles. The van der Waals surface area contributed by atoms with Crippen molar-refractivity contribution >= 4 is 0 Å². The second-order valence-electron chi connectivity index (χ2n) is 16.7. The maximum Gasteiger partial charge on any atom is 0.116 e. The van der Waals surface area contributed by atoms with Gasteiger partial charge in [-0.25, -0.2) is 0 Å². The highest BCUT2D eigenvalue weighted by molar-refractivity contribution is 5.33. The largest absolute Gasteiger partial charge is 0.489 e. The van der Waals surface area contributed by atoms with Crippen molar-refractivity contribution in [3.63, 3.8) is 0 Å². The highest BCUT2D eigenvalue weighted by Crippen LogP contribution is 2.41. The van der Waals surface area contributed by atoms with Crippen LogP contribution >= 0.6 is 0 Å². The monoisotopic (exact) mass is 801 g/mol. The number of benzene rings is 5. The number of aliphatic hydroxyl groups excluding tert-OH is 1. The summed E-state index contributed by atoms with van der Waals surface area (Å²) in [6.07, 6.45) is 14.4. The highest BCUT2D eigenvalue weighted by Gasteiger charge is 2.25. The number of hydrogen-bond acceptors (Lipinski definition) is 2. The van der Waals surface area contributed by atoms with Gasteiger partial charge in [-0.05, 0) is 124 Å². The van der Waals surface area contributed by atoms with E-state index in [4.69, 9.17) is 4.74 Å². The molecule has 0 amide bonds. The van der Waals surface area contributed by atoms with Gasteiger partial charge in [-0.2, -0.15) is 0 Å². The molecule has 0 fully saturated rings. The van der Waals surface area contributed by atoms with E-state index in [1.165, 1.54) is 39.8 Å². The van der Waals surface area contributed by atoms with Crippen LogP contribution in [0.15, 0.2) is 188 Å². The van der Waals surface area contributed by atoms with Crippen LogP contribution in [0.25, 0.3) is 0 Å². The van der Waals surface area contributed by atoms with Gasteiger partial charge in [0.1, 0.15) is 12.4 Å². The third-order valence-electron chi connectivity index (χ3n) is 11.8. The van der Waals surface area contributed by atoms with E-state index in [1.54, 1.807) is 0 Å². The maximum absolute atomic E-state index is 9.51. The molecule has 316 valence electrons. The Bertz CT molecular complexity index is 1990. The SMILES string of the molecule is C=C.CC(CC(C)c1ccc(C(C)CC(CC(CC(C)c2ccccc2)c2ccc(COC3=CCC=C(CO)C=C3)cc2)c2ccccc2)cc1)c1ccccc1.CCC. The molecule has 0 saturated heterocycles. The molecule has 0 bridgehead atoms. The zero-order valence-electron chi connectivity index (χ0n) is 37.5. The molecular formula is C58H72O2. The molecule has 1 N–H and O–H groups in total. The predicted octanol–water partition coefficient (Wildman–Crippen LogP) is 16.1. The molecule has 6 rings (SSSR count). The van der Waals surface area contributed by atoms with Crippen LogP contribution in [0.2, 0.25) is 0 Å². The van der Waals surface area contributed by atoms with Crippen LogP contribution in [0.3, 0.4) is 0 Å². The number of allylic oxidation sites excluding steroid dienone is 3. The summed E-state index contributed by atoms with van der Waals surface area (Å²) >= 11 is 0. The second kappa shape index (κ2) is 26.1. The van der Waals surface area contributed by atoms with Crippen LogP contribution in [-0.2, 0) is 11.3 Å². The lowest BCUT2D eigenvalue weighted by molar-refractivity contribution is 0.210. The lowest BCUT2D eigenvalue weighted by atomic mass is 9.75. The summed E-state index contributed by atoms with van der Waals surface area (Å²) in [4.78, 5) is 0. The van der Waals surface area contributed by atoms with E-state index < -0.39 is 0 Å². The Labute approximate surface area is 364 Å². The molecule has 6 atom stereocenters. The fourth-order valence-corrected chi connectivity index (χ4v) is 8.38. The van der Waals surface area contributed by atoms with Crippen molar-refractivity contribution in [2.24, 2.45) is 0 Å². The first-order valence-corrected chi connectivity index (χ1v) is 22.4. The predicted molar refractivity (Wildman–Crippen MR) is 259 cm³/mol. The lowest BCUT2D eigenvalue weighted by Crippen LogP contribution is -2.12. The summed E-state index contributed by atoms with van der Waals surface area (Å²) in [5, 5.41) is 9.51. The van der Waals surface area contributed by atoms with E-state index in [-0.39, 0.29) is 6.61 Å². The first-order valence-electron chi connectivity index (χ1n) is 22.4. The molecule has 6 unspecified atom stereocenters. The summed E-state index contributed by atoms with van der Waals surface area (Å²) in [7, 11) is 0. The Balaban J connectivity index is 0.00000152. The highest BCUT2D eigenvalue weighted by atomic mass is 16.5. The molecule has 5 aromatic carbocycles. The van der Waals surface area contributed by atoms with Gasteiger partial charge in [0.05, 0.1) is 6.61 Å². The van der Waals surface area contributed by atoms with Gasteiger partial charge in [-0.1, -0.05) is 200 Å². The van der Waals surface area contributed by atoms with Crippen LogP contribution in [-0.4, -0.2) is 11.7 Å². The molecule has 2 heteroatoms. The Kier molecular flexibility index (Phi) is 20.7. The quantitative estimate of drug-likeness (QED) is 0.0895. The fourth-order valence-electron chi connectivity index (χ4n) is 8.38. The van der Waals surface area contributed by atoms with Gasteiger partial charge in [-0.15, -0.1) is 13.2 Å². The number of hydrogen-bond donors (Lipinski definition) is 1. The third kappa shape index (κ3) is 15.1. The average Bonchev–Trinajstić information content (AvgIpc) is 3.55. The molecule has 0 aromatic heterocycles. The van der Waals surface area contributed by atoms with Crippen LogP contribution < -0.4 is 0 Å². The Morgan fingerprint density at radius 1 is 0.483 bits per heavy atom. The molecule has 0 spiro atoms. The van der Waals surface area contributed by atoms with Crippen molar-refractivity contribution in [1.29, 1.82) is 0 Å². The topological polar surface area (TPSA) is 29.5 Å². The summed E-state index contributed by atoms with van der Waals surface area (Å²) in [5.74, 6) is 3.57. The number of aliphatic hydroxyl groups is 1. The van der Waals surface area contributed by atoms with E-state index in [2.05, 4.69) is 200 Å². The van der Waals surface area contributed by atoms with Crippen molar-refractivity contribution < 1.29 is 9.84 Å². The van der Waals surface area contributed by atoms with Gasteiger partial charge in [0.2, 0.25) is 0 Å². The van der Waals surface area contributed by atoms with Gasteiger partial charge in [0.25, 0.3) is 0 Å². The Morgan fingerprint density at radius 2 is 0.867 bits per heavy atom. The lowest BCUT2D eigenvalue weighted by Gasteiger charge is -2.29. The zero-order valence-corrected chi connectivity index (χ0v) is 37.5. The fraction of sp³-hybridized carbons (Fsp3) is 0.345. The molecule has 0 radical (unpaired) electrons. The molecule has 1 aliphatic rings. The third-order valence-corrected chi connectivity index (χ3v) is 11.8. The van der Waals surface area contributed by atoms with Crippen molar-refractivity contribution in [1.82, 2.24) is 0 Å². The van der Waals surface area contributed by atoms with E-state index in [1.807, 2.05) is 18.2 Å². The number of rotatable bonds is 18. The summed E-state index contributed by atoms with van der Waals surface area (Å²) in [5.41, 5.74) is 10.6. The number of ether oxygens (including phenoxy) is 1. The maximum atomic E-state index is 9.51. The van der Waals surface area contributed by atoms with Crippen LogP contribution in [0.5, 0.6) is 0 Å². The minimum atomic E-state index is 0.0506. The summed E-state index contributed by atoms with van der Waals surface area (Å²) in [6, 6.07) is 51.9. The van der Waals surface area contributed by atoms with Gasteiger partial charge in [-0.3, -0.25) is 0 Å². The summed E-state index contributed by atoms with van der Waals surface area (Å²) in [6.45, 7) is 20.3. The Morgan fingerprint density at radius 3 is 1.32 bits per heavy atom. The van der Waals surface area contributed by atoms with E-state index in [0.717, 1.165) is 49.0 Å². The zero-order chi connectivity index (χ0) is 43.1. The smallest absolute Gasteiger partial charge is 0.116 e. The van der Waals surface area contributed by atoms with Crippen molar-refractivity contribution in [3.05, 3.63) is 227 Å². The normalized spacial score (nSPS) is 15.2. The minimum Gasteiger partial charge on any atom is -0.489 e. The van der Waals surface area contributed by atoms with Crippen molar-refractivity contribution in [3.8, 4) is 0 Å². The van der Waals surface area contributed by atoms with E-state index >= 15 is 0 Å². The van der Waals surface area contributed by atoms with Gasteiger partial charge in [0.15, 0.2) is 0 Å². The second-order valence-corrected chi connectivity index (χ2v) is 16.7. The van der Waals surface area contributed by atoms with E-state index in [9.17, 15) is 5.11 Å².